The van der Waals surface area contributed by atoms with Crippen LogP contribution < -0.4 is 5.73 Å². The number of phenolic OH excluding ortho intramolecular Hbond substituents is 1. The van der Waals surface area contributed by atoms with E-state index in [2.05, 4.69) is 4.98 Å². The Labute approximate surface area is 144 Å². The highest BCUT2D eigenvalue weighted by Crippen LogP contribution is 2.34. The number of aromatic hydroxyl groups is 1. The van der Waals surface area contributed by atoms with Gasteiger partial charge in [0.2, 0.25) is 0 Å². The van der Waals surface area contributed by atoms with Crippen LogP contribution in [0.15, 0.2) is 48.8 Å². The summed E-state index contributed by atoms with van der Waals surface area (Å²) in [5.41, 5.74) is 9.20. The number of benzene rings is 2. The molecule has 0 aliphatic heterocycles. The van der Waals surface area contributed by atoms with E-state index in [1.165, 1.54) is 0 Å². The molecule has 0 atom stereocenters. The second-order valence-electron chi connectivity index (χ2n) is 6.20. The number of hydrogen-bond donors (Lipinski definition) is 2. The quantitative estimate of drug-likeness (QED) is 0.589. The molecule has 2 aromatic carbocycles. The first-order chi connectivity index (χ1) is 12.0. The van der Waals surface area contributed by atoms with Crippen molar-refractivity contribution >= 4 is 27.7 Å². The van der Waals surface area contributed by atoms with Gasteiger partial charge in [0.15, 0.2) is 0 Å². The van der Waals surface area contributed by atoms with Gasteiger partial charge in [-0.25, -0.2) is 4.98 Å². The molecule has 0 fully saturated rings. The molecule has 0 aliphatic rings. The predicted molar refractivity (Wildman–Crippen MR) is 98.2 cm³/mol. The molecule has 0 saturated heterocycles. The molecule has 2 heterocycles. The number of hydrogen-bond acceptors (Lipinski definition) is 3. The van der Waals surface area contributed by atoms with Gasteiger partial charge in [-0.05, 0) is 30.9 Å². The molecular weight excluding hydrogens is 314 g/mol. The summed E-state index contributed by atoms with van der Waals surface area (Å²) >= 11 is 0. The smallest absolute Gasteiger partial charge is 0.250 e. The molecule has 5 nitrogen and oxygen atoms in total. The van der Waals surface area contributed by atoms with Gasteiger partial charge in [0.25, 0.3) is 5.91 Å². The van der Waals surface area contributed by atoms with Crippen molar-refractivity contribution in [1.82, 2.24) is 9.55 Å². The Morgan fingerprint density at radius 1 is 1.16 bits per heavy atom. The Kier molecular flexibility index (Phi) is 3.25. The van der Waals surface area contributed by atoms with Crippen molar-refractivity contribution in [2.24, 2.45) is 5.73 Å². The average molecular weight is 331 g/mol. The lowest BCUT2D eigenvalue weighted by Crippen LogP contribution is -2.10. The topological polar surface area (TPSA) is 81.1 Å². The van der Waals surface area contributed by atoms with E-state index in [0.29, 0.717) is 11.2 Å². The maximum atomic E-state index is 12.1. The summed E-state index contributed by atoms with van der Waals surface area (Å²) < 4.78 is 1.84. The number of rotatable bonds is 2. The van der Waals surface area contributed by atoms with E-state index in [9.17, 15) is 9.90 Å². The van der Waals surface area contributed by atoms with Crippen molar-refractivity contribution in [3.05, 3.63) is 65.5 Å². The van der Waals surface area contributed by atoms with Crippen LogP contribution in [0.25, 0.3) is 27.5 Å². The van der Waals surface area contributed by atoms with Crippen LogP contribution >= 0.6 is 0 Å². The third kappa shape index (κ3) is 2.16. The van der Waals surface area contributed by atoms with Crippen molar-refractivity contribution in [2.45, 2.75) is 13.8 Å². The van der Waals surface area contributed by atoms with Crippen LogP contribution in [0.5, 0.6) is 5.75 Å². The zero-order valence-corrected chi connectivity index (χ0v) is 13.9. The monoisotopic (exact) mass is 331 g/mol. The number of aryl methyl sites for hydroxylation is 1. The molecule has 0 aliphatic carbocycles. The van der Waals surface area contributed by atoms with Crippen LogP contribution in [0.4, 0.5) is 0 Å². The third-order valence-corrected chi connectivity index (χ3v) is 4.65. The molecule has 0 spiro atoms. The van der Waals surface area contributed by atoms with Gasteiger partial charge in [-0.2, -0.15) is 0 Å². The maximum absolute atomic E-state index is 12.1. The highest BCUT2D eigenvalue weighted by atomic mass is 16.3. The van der Waals surface area contributed by atoms with Gasteiger partial charge in [0.1, 0.15) is 11.4 Å². The van der Waals surface area contributed by atoms with Gasteiger partial charge in [-0.1, -0.05) is 30.3 Å². The van der Waals surface area contributed by atoms with Gasteiger partial charge in [0, 0.05) is 28.7 Å². The summed E-state index contributed by atoms with van der Waals surface area (Å²) in [5.74, 6) is -0.304. The molecule has 3 N–H and O–H groups in total. The second-order valence-corrected chi connectivity index (χ2v) is 6.20. The minimum absolute atomic E-state index is 0.198. The maximum Gasteiger partial charge on any atom is 0.250 e. The van der Waals surface area contributed by atoms with Crippen LogP contribution in [0.2, 0.25) is 0 Å². The number of nitrogens with zero attached hydrogens (tertiary/aromatic N) is 2. The summed E-state index contributed by atoms with van der Waals surface area (Å²) in [6.07, 6.45) is 3.49. The molecule has 0 saturated carbocycles. The molecule has 124 valence electrons. The Morgan fingerprint density at radius 3 is 2.68 bits per heavy atom. The number of carbonyl (C=O) groups is 1. The van der Waals surface area contributed by atoms with Crippen LogP contribution in [0.3, 0.4) is 0 Å². The van der Waals surface area contributed by atoms with E-state index >= 15 is 0 Å². The number of amides is 1. The number of aromatic nitrogens is 2. The van der Waals surface area contributed by atoms with Crippen molar-refractivity contribution in [3.63, 3.8) is 0 Å². The fourth-order valence-corrected chi connectivity index (χ4v) is 3.41. The Bertz CT molecular complexity index is 1160. The summed E-state index contributed by atoms with van der Waals surface area (Å²) in [4.78, 5) is 16.6. The number of phenols is 1. The standard InChI is InChI=1S/C20H17N3O2/c1-11-7-8-16(24)12(2)18(11)23-10-15(19(21)25)17-14-6-4-3-5-13(14)9-22-20(17)23/h3-10,24H,1-2H3,(H2,21,25). The van der Waals surface area contributed by atoms with Crippen molar-refractivity contribution in [3.8, 4) is 11.4 Å². The largest absolute Gasteiger partial charge is 0.508 e. The highest BCUT2D eigenvalue weighted by Gasteiger charge is 2.20. The van der Waals surface area contributed by atoms with Gasteiger partial charge < -0.3 is 10.8 Å². The summed E-state index contributed by atoms with van der Waals surface area (Å²) in [6, 6.07) is 11.3. The van der Waals surface area contributed by atoms with Gasteiger partial charge in [-0.3, -0.25) is 9.36 Å². The van der Waals surface area contributed by atoms with E-state index in [4.69, 9.17) is 5.73 Å². The van der Waals surface area contributed by atoms with Crippen molar-refractivity contribution < 1.29 is 9.90 Å². The first-order valence-corrected chi connectivity index (χ1v) is 7.97. The Morgan fingerprint density at radius 2 is 1.92 bits per heavy atom. The second kappa shape index (κ2) is 5.34. The summed E-state index contributed by atoms with van der Waals surface area (Å²) in [5, 5.41) is 12.7. The van der Waals surface area contributed by atoms with E-state index < -0.39 is 5.91 Å². The number of nitrogens with two attached hydrogens (primary N) is 1. The number of pyridine rings is 1. The molecule has 0 radical (unpaired) electrons. The average Bonchev–Trinajstić information content (AvgIpc) is 2.99. The highest BCUT2D eigenvalue weighted by molar-refractivity contribution is 6.16. The summed E-state index contributed by atoms with van der Waals surface area (Å²) in [7, 11) is 0. The van der Waals surface area contributed by atoms with Gasteiger partial charge in [-0.15, -0.1) is 0 Å². The van der Waals surface area contributed by atoms with Crippen molar-refractivity contribution in [1.29, 1.82) is 0 Å². The number of fused-ring (bicyclic) bond motifs is 3. The number of primary amides is 1. The summed E-state index contributed by atoms with van der Waals surface area (Å²) in [6.45, 7) is 3.80. The van der Waals surface area contributed by atoms with Crippen molar-refractivity contribution in [2.75, 3.05) is 0 Å². The SMILES string of the molecule is Cc1ccc(O)c(C)c1-n1cc(C(N)=O)c2c3ccccc3cnc21. The molecule has 4 rings (SSSR count). The van der Waals surface area contributed by atoms with Crippen LogP contribution in [0, 0.1) is 13.8 Å². The minimum atomic E-state index is -0.502. The minimum Gasteiger partial charge on any atom is -0.508 e. The first-order valence-electron chi connectivity index (χ1n) is 7.97. The normalized spacial score (nSPS) is 11.3. The molecule has 4 aromatic rings. The number of carbonyl (C=O) groups excluding carboxylic acids is 1. The van der Waals surface area contributed by atoms with E-state index in [1.807, 2.05) is 48.7 Å². The van der Waals surface area contributed by atoms with Gasteiger partial charge in [0.05, 0.1) is 11.3 Å². The third-order valence-electron chi connectivity index (χ3n) is 4.65. The van der Waals surface area contributed by atoms with Gasteiger partial charge >= 0.3 is 0 Å². The van der Waals surface area contributed by atoms with Crippen LogP contribution in [0.1, 0.15) is 21.5 Å². The zero-order valence-electron chi connectivity index (χ0n) is 13.9. The van der Waals surface area contributed by atoms with E-state index in [0.717, 1.165) is 33.0 Å². The lowest BCUT2D eigenvalue weighted by molar-refractivity contribution is 0.100. The Hall–Kier alpha value is -3.34. The zero-order chi connectivity index (χ0) is 17.7. The predicted octanol–water partition coefficient (Wildman–Crippen LogP) is 3.60. The lowest BCUT2D eigenvalue weighted by atomic mass is 10.1. The molecule has 2 aromatic heterocycles. The molecule has 25 heavy (non-hydrogen) atoms. The van der Waals surface area contributed by atoms with Crippen LogP contribution in [-0.2, 0) is 0 Å². The molecule has 1 amide bonds. The fraction of sp³-hybridized carbons (Fsp3) is 0.100. The molecular formula is C20H17N3O2. The lowest BCUT2D eigenvalue weighted by Gasteiger charge is -2.13. The molecule has 5 heteroatoms. The Balaban J connectivity index is 2.20. The van der Waals surface area contributed by atoms with E-state index in [-0.39, 0.29) is 5.75 Å². The van der Waals surface area contributed by atoms with E-state index in [1.54, 1.807) is 18.5 Å². The first kappa shape index (κ1) is 15.2. The molecule has 0 bridgehead atoms. The fourth-order valence-electron chi connectivity index (χ4n) is 3.41. The molecule has 0 unspecified atom stereocenters. The van der Waals surface area contributed by atoms with Crippen LogP contribution in [-0.4, -0.2) is 20.6 Å².